The van der Waals surface area contributed by atoms with E-state index in [-0.39, 0.29) is 0 Å². The molecular weight excluding hydrogens is 266 g/mol. The smallest absolute Gasteiger partial charge is 0.146 e. The Kier molecular flexibility index (Phi) is 4.16. The predicted molar refractivity (Wildman–Crippen MR) is 69.6 cm³/mol. The van der Waals surface area contributed by atoms with Gasteiger partial charge in [0, 0.05) is 18.8 Å². The molecule has 1 aliphatic heterocycles. The van der Waals surface area contributed by atoms with Crippen molar-refractivity contribution in [2.24, 2.45) is 0 Å². The lowest BCUT2D eigenvalue weighted by molar-refractivity contribution is 0.551. The fraction of sp³-hybridized carbons (Fsp3) is 0.667. The Bertz CT molecular complexity index is 343. The third kappa shape index (κ3) is 2.54. The molecule has 0 amide bonds. The topological polar surface area (TPSA) is 29.0 Å². The Morgan fingerprint density at radius 2 is 2.31 bits per heavy atom. The second-order valence-corrected chi connectivity index (χ2v) is 5.15. The van der Waals surface area contributed by atoms with Crippen molar-refractivity contribution in [1.82, 2.24) is 9.97 Å². The Morgan fingerprint density at radius 1 is 1.44 bits per heavy atom. The van der Waals surface area contributed by atoms with Crippen molar-refractivity contribution in [3.05, 3.63) is 17.0 Å². The number of rotatable bonds is 2. The maximum atomic E-state index is 4.41. The van der Waals surface area contributed by atoms with Gasteiger partial charge in [0.1, 0.15) is 12.1 Å². The van der Waals surface area contributed by atoms with Gasteiger partial charge in [-0.25, -0.2) is 9.97 Å². The van der Waals surface area contributed by atoms with Gasteiger partial charge in [0.05, 0.1) is 4.47 Å². The summed E-state index contributed by atoms with van der Waals surface area (Å²) >= 11 is 3.55. The molecule has 0 aromatic carbocycles. The van der Waals surface area contributed by atoms with Crippen LogP contribution < -0.4 is 4.90 Å². The lowest BCUT2D eigenvalue weighted by Gasteiger charge is -2.30. The van der Waals surface area contributed by atoms with E-state index in [4.69, 9.17) is 0 Å². The van der Waals surface area contributed by atoms with Gasteiger partial charge in [-0.3, -0.25) is 0 Å². The van der Waals surface area contributed by atoms with Crippen molar-refractivity contribution in [2.45, 2.75) is 45.1 Å². The van der Waals surface area contributed by atoms with Crippen LogP contribution in [0.25, 0.3) is 0 Å². The van der Waals surface area contributed by atoms with Gasteiger partial charge in [-0.2, -0.15) is 0 Å². The predicted octanol–water partition coefficient (Wildman–Crippen LogP) is 3.40. The van der Waals surface area contributed by atoms with Crippen LogP contribution in [0, 0.1) is 0 Å². The monoisotopic (exact) mass is 283 g/mol. The molecule has 1 aromatic heterocycles. The molecular formula is C12H18BrN3. The van der Waals surface area contributed by atoms with E-state index >= 15 is 0 Å². The molecule has 1 fully saturated rings. The summed E-state index contributed by atoms with van der Waals surface area (Å²) in [7, 11) is 0. The van der Waals surface area contributed by atoms with E-state index < -0.39 is 0 Å². The van der Waals surface area contributed by atoms with Crippen molar-refractivity contribution in [3.63, 3.8) is 0 Å². The van der Waals surface area contributed by atoms with Crippen LogP contribution in [0.3, 0.4) is 0 Å². The second-order valence-electron chi connectivity index (χ2n) is 4.30. The van der Waals surface area contributed by atoms with E-state index in [0.29, 0.717) is 6.04 Å². The molecule has 2 rings (SSSR count). The first-order valence-corrected chi connectivity index (χ1v) is 6.84. The molecule has 3 nitrogen and oxygen atoms in total. The fourth-order valence-electron chi connectivity index (χ4n) is 2.40. The zero-order valence-electron chi connectivity index (χ0n) is 9.69. The van der Waals surface area contributed by atoms with Gasteiger partial charge in [0.2, 0.25) is 0 Å². The van der Waals surface area contributed by atoms with Gasteiger partial charge in [-0.1, -0.05) is 19.8 Å². The van der Waals surface area contributed by atoms with Crippen LogP contribution in [0.1, 0.15) is 39.0 Å². The molecule has 1 unspecified atom stereocenters. The van der Waals surface area contributed by atoms with Crippen molar-refractivity contribution in [2.75, 3.05) is 11.4 Å². The van der Waals surface area contributed by atoms with Gasteiger partial charge < -0.3 is 4.90 Å². The summed E-state index contributed by atoms with van der Waals surface area (Å²) in [6.07, 6.45) is 9.90. The quantitative estimate of drug-likeness (QED) is 0.833. The van der Waals surface area contributed by atoms with Crippen LogP contribution in [0.2, 0.25) is 0 Å². The highest BCUT2D eigenvalue weighted by molar-refractivity contribution is 9.10. The first kappa shape index (κ1) is 11.8. The van der Waals surface area contributed by atoms with Crippen molar-refractivity contribution in [1.29, 1.82) is 0 Å². The minimum absolute atomic E-state index is 0.633. The van der Waals surface area contributed by atoms with Crippen molar-refractivity contribution < 1.29 is 0 Å². The summed E-state index contributed by atoms with van der Waals surface area (Å²) in [6, 6.07) is 0.633. The second kappa shape index (κ2) is 5.62. The minimum atomic E-state index is 0.633. The van der Waals surface area contributed by atoms with E-state index in [2.05, 4.69) is 37.7 Å². The molecule has 16 heavy (non-hydrogen) atoms. The molecule has 0 radical (unpaired) electrons. The van der Waals surface area contributed by atoms with Crippen LogP contribution in [0.4, 0.5) is 5.82 Å². The minimum Gasteiger partial charge on any atom is -0.353 e. The Morgan fingerprint density at radius 3 is 3.06 bits per heavy atom. The van der Waals surface area contributed by atoms with E-state index in [1.54, 1.807) is 6.33 Å². The molecule has 1 aromatic rings. The highest BCUT2D eigenvalue weighted by Gasteiger charge is 2.22. The standard InChI is InChI=1S/C12H18BrN3/c1-2-10-6-4-3-5-7-16(10)12-11(13)8-14-9-15-12/h8-10H,2-7H2,1H3. The van der Waals surface area contributed by atoms with Crippen LogP contribution in [-0.2, 0) is 0 Å². The lowest BCUT2D eigenvalue weighted by atomic mass is 10.1. The molecule has 2 heterocycles. The molecule has 1 atom stereocenters. The molecule has 0 aliphatic carbocycles. The van der Waals surface area contributed by atoms with Gasteiger partial charge in [0.25, 0.3) is 0 Å². The molecule has 0 saturated carbocycles. The van der Waals surface area contributed by atoms with Gasteiger partial charge in [-0.15, -0.1) is 0 Å². The molecule has 4 heteroatoms. The maximum Gasteiger partial charge on any atom is 0.146 e. The summed E-state index contributed by atoms with van der Waals surface area (Å²) in [4.78, 5) is 10.9. The van der Waals surface area contributed by atoms with Crippen LogP contribution in [0.15, 0.2) is 17.0 Å². The summed E-state index contributed by atoms with van der Waals surface area (Å²) in [5.41, 5.74) is 0. The maximum absolute atomic E-state index is 4.41. The first-order chi connectivity index (χ1) is 7.83. The SMILES string of the molecule is CCC1CCCCCN1c1ncncc1Br. The molecule has 0 spiro atoms. The number of aromatic nitrogens is 2. The third-order valence-corrected chi connectivity index (χ3v) is 3.83. The highest BCUT2D eigenvalue weighted by Crippen LogP contribution is 2.29. The van der Waals surface area contributed by atoms with E-state index in [1.807, 2.05) is 6.20 Å². The average molecular weight is 284 g/mol. The first-order valence-electron chi connectivity index (χ1n) is 6.05. The van der Waals surface area contributed by atoms with Gasteiger partial charge in [-0.05, 0) is 35.2 Å². The average Bonchev–Trinajstić information content (AvgIpc) is 2.54. The summed E-state index contributed by atoms with van der Waals surface area (Å²) in [5.74, 6) is 1.06. The Balaban J connectivity index is 2.25. The third-order valence-electron chi connectivity index (χ3n) is 3.27. The molecule has 0 bridgehead atoms. The van der Waals surface area contributed by atoms with E-state index in [0.717, 1.165) is 16.8 Å². The number of hydrogen-bond acceptors (Lipinski definition) is 3. The zero-order valence-corrected chi connectivity index (χ0v) is 11.3. The van der Waals surface area contributed by atoms with Crippen LogP contribution >= 0.6 is 15.9 Å². The summed E-state index contributed by atoms with van der Waals surface area (Å²) in [5, 5.41) is 0. The highest BCUT2D eigenvalue weighted by atomic mass is 79.9. The molecule has 0 N–H and O–H groups in total. The molecule has 1 aliphatic rings. The lowest BCUT2D eigenvalue weighted by Crippen LogP contribution is -2.35. The molecule has 88 valence electrons. The number of nitrogens with zero attached hydrogens (tertiary/aromatic N) is 3. The fourth-order valence-corrected chi connectivity index (χ4v) is 2.85. The molecule has 1 saturated heterocycles. The van der Waals surface area contributed by atoms with E-state index in [1.165, 1.54) is 32.1 Å². The summed E-state index contributed by atoms with van der Waals surface area (Å²) < 4.78 is 1.01. The Hall–Kier alpha value is -0.640. The zero-order chi connectivity index (χ0) is 11.4. The number of halogens is 1. The number of anilines is 1. The van der Waals surface area contributed by atoms with Gasteiger partial charge in [0.15, 0.2) is 0 Å². The normalized spacial score (nSPS) is 21.9. The Labute approximate surface area is 105 Å². The van der Waals surface area contributed by atoms with Gasteiger partial charge >= 0.3 is 0 Å². The van der Waals surface area contributed by atoms with Crippen LogP contribution in [0.5, 0.6) is 0 Å². The largest absolute Gasteiger partial charge is 0.353 e. The van der Waals surface area contributed by atoms with E-state index in [9.17, 15) is 0 Å². The number of hydrogen-bond donors (Lipinski definition) is 0. The van der Waals surface area contributed by atoms with Crippen molar-refractivity contribution in [3.8, 4) is 0 Å². The van der Waals surface area contributed by atoms with Crippen molar-refractivity contribution >= 4 is 21.7 Å². The summed E-state index contributed by atoms with van der Waals surface area (Å²) in [6.45, 7) is 3.38. The van der Waals surface area contributed by atoms with Crippen LogP contribution in [-0.4, -0.2) is 22.6 Å².